The van der Waals surface area contributed by atoms with Crippen LogP contribution in [0.2, 0.25) is 0 Å². The van der Waals surface area contributed by atoms with Crippen LogP contribution in [0.25, 0.3) is 0 Å². The average molecular weight is 359 g/mol. The number of nitrogens with zero attached hydrogens (tertiary/aromatic N) is 4. The maximum absolute atomic E-state index is 4.76. The summed E-state index contributed by atoms with van der Waals surface area (Å²) >= 11 is 0. The van der Waals surface area contributed by atoms with Crippen LogP contribution in [-0.2, 0) is 11.8 Å². The second kappa shape index (κ2) is 6.65. The second-order valence-corrected chi connectivity index (χ2v) is 8.11. The van der Waals surface area contributed by atoms with Gasteiger partial charge in [0.25, 0.3) is 0 Å². The van der Waals surface area contributed by atoms with Crippen molar-refractivity contribution in [1.29, 1.82) is 0 Å². The van der Waals surface area contributed by atoms with Gasteiger partial charge in [-0.25, -0.2) is 0 Å². The van der Waals surface area contributed by atoms with Gasteiger partial charge in [-0.05, 0) is 42.0 Å². The Balaban J connectivity index is 1.67. The lowest BCUT2D eigenvalue weighted by atomic mass is 9.86. The van der Waals surface area contributed by atoms with Crippen LogP contribution in [0.15, 0.2) is 54.7 Å². The summed E-state index contributed by atoms with van der Waals surface area (Å²) < 4.78 is 0. The minimum Gasteiger partial charge on any atom is -0.323 e. The molecule has 3 aromatic rings. The average Bonchev–Trinajstić information content (AvgIpc) is 2.97. The van der Waals surface area contributed by atoms with Crippen LogP contribution >= 0.6 is 0 Å². The lowest BCUT2D eigenvalue weighted by Gasteiger charge is -2.24. The van der Waals surface area contributed by atoms with Gasteiger partial charge >= 0.3 is 0 Å². The largest absolute Gasteiger partial charge is 0.323 e. The molecule has 0 aliphatic carbocycles. The maximum atomic E-state index is 4.76. The smallest absolute Gasteiger partial charge is 0.249 e. The zero-order valence-corrected chi connectivity index (χ0v) is 16.3. The van der Waals surface area contributed by atoms with Gasteiger partial charge in [-0.15, -0.1) is 5.10 Å². The fraction of sp³-hybridized carbons (Fsp3) is 0.318. The van der Waals surface area contributed by atoms with Crippen molar-refractivity contribution in [2.24, 2.45) is 0 Å². The Hall–Kier alpha value is -2.95. The van der Waals surface area contributed by atoms with E-state index in [1.807, 2.05) is 6.07 Å². The van der Waals surface area contributed by atoms with E-state index in [9.17, 15) is 0 Å². The molecule has 1 unspecified atom stereocenters. The molecule has 138 valence electrons. The third kappa shape index (κ3) is 3.37. The summed E-state index contributed by atoms with van der Waals surface area (Å²) in [6, 6.07) is 17.1. The number of benzene rings is 2. The molecule has 1 atom stereocenters. The van der Waals surface area contributed by atoms with Crippen LogP contribution in [0.4, 0.5) is 23.1 Å². The van der Waals surface area contributed by atoms with E-state index in [0.717, 1.165) is 17.9 Å². The summed E-state index contributed by atoms with van der Waals surface area (Å²) in [4.78, 5) is 7.00. The lowest BCUT2D eigenvalue weighted by Crippen LogP contribution is -2.25. The molecule has 4 rings (SSSR count). The number of hydrogen-bond donors (Lipinski definition) is 1. The lowest BCUT2D eigenvalue weighted by molar-refractivity contribution is 0.592. The second-order valence-electron chi connectivity index (χ2n) is 8.11. The van der Waals surface area contributed by atoms with E-state index < -0.39 is 0 Å². The summed E-state index contributed by atoms with van der Waals surface area (Å²) in [5.41, 5.74) is 4.80. The van der Waals surface area contributed by atoms with E-state index in [0.29, 0.717) is 12.0 Å². The van der Waals surface area contributed by atoms with Gasteiger partial charge in [-0.1, -0.05) is 57.2 Å². The molecule has 2 aromatic carbocycles. The maximum Gasteiger partial charge on any atom is 0.249 e. The summed E-state index contributed by atoms with van der Waals surface area (Å²) in [5, 5.41) is 11.8. The monoisotopic (exact) mass is 359 g/mol. The Kier molecular flexibility index (Phi) is 4.30. The first-order valence-electron chi connectivity index (χ1n) is 9.37. The molecule has 1 N–H and O–H groups in total. The molecule has 0 spiro atoms. The number of nitrogens with one attached hydrogen (secondary N) is 1. The Morgan fingerprint density at radius 3 is 2.59 bits per heavy atom. The van der Waals surface area contributed by atoms with Crippen molar-refractivity contribution in [3.63, 3.8) is 0 Å². The van der Waals surface area contributed by atoms with Crippen LogP contribution in [0.3, 0.4) is 0 Å². The predicted octanol–water partition coefficient (Wildman–Crippen LogP) is 5.00. The highest BCUT2D eigenvalue weighted by atomic mass is 15.3. The Morgan fingerprint density at radius 1 is 1.04 bits per heavy atom. The van der Waals surface area contributed by atoms with Crippen molar-refractivity contribution < 1.29 is 0 Å². The highest BCUT2D eigenvalue weighted by molar-refractivity contribution is 5.69. The van der Waals surface area contributed by atoms with Crippen molar-refractivity contribution >= 4 is 23.1 Å². The first kappa shape index (κ1) is 17.5. The van der Waals surface area contributed by atoms with Gasteiger partial charge < -0.3 is 10.2 Å². The van der Waals surface area contributed by atoms with Crippen molar-refractivity contribution in [3.05, 3.63) is 65.9 Å². The van der Waals surface area contributed by atoms with Crippen molar-refractivity contribution in [2.75, 3.05) is 10.2 Å². The van der Waals surface area contributed by atoms with Gasteiger partial charge in [0.1, 0.15) is 0 Å². The molecular formula is C22H25N5. The molecule has 1 aliphatic rings. The predicted molar refractivity (Wildman–Crippen MR) is 110 cm³/mol. The van der Waals surface area contributed by atoms with Crippen LogP contribution in [-0.4, -0.2) is 21.2 Å². The fourth-order valence-electron chi connectivity index (χ4n) is 3.75. The van der Waals surface area contributed by atoms with Crippen LogP contribution in [0.1, 0.15) is 38.8 Å². The summed E-state index contributed by atoms with van der Waals surface area (Å²) in [6.07, 6.45) is 2.75. The molecule has 1 aliphatic heterocycles. The standard InChI is InChI=1S/C22H25N5/c1-15-13-16-9-5-8-12-19(16)27(15)20-14-23-26-21(25-20)24-18-11-7-6-10-17(18)22(2,3)4/h5-12,14-15H,13H2,1-4H3,(H,24,25,26). The Bertz CT molecular complexity index is 961. The number of rotatable bonds is 3. The molecule has 1 aromatic heterocycles. The van der Waals surface area contributed by atoms with Gasteiger partial charge in [0.2, 0.25) is 5.95 Å². The highest BCUT2D eigenvalue weighted by Gasteiger charge is 2.28. The van der Waals surface area contributed by atoms with E-state index in [2.05, 4.69) is 90.6 Å². The minimum atomic E-state index is 0.0248. The molecule has 0 saturated carbocycles. The van der Waals surface area contributed by atoms with E-state index in [4.69, 9.17) is 4.98 Å². The van der Waals surface area contributed by atoms with E-state index in [1.54, 1.807) is 6.20 Å². The van der Waals surface area contributed by atoms with E-state index in [-0.39, 0.29) is 5.41 Å². The summed E-state index contributed by atoms with van der Waals surface area (Å²) in [5.74, 6) is 1.33. The number of aromatic nitrogens is 3. The molecule has 0 saturated heterocycles. The highest BCUT2D eigenvalue weighted by Crippen LogP contribution is 2.37. The first-order valence-corrected chi connectivity index (χ1v) is 9.37. The summed E-state index contributed by atoms with van der Waals surface area (Å²) in [6.45, 7) is 8.81. The van der Waals surface area contributed by atoms with Gasteiger partial charge in [0, 0.05) is 17.4 Å². The summed E-state index contributed by atoms with van der Waals surface area (Å²) in [7, 11) is 0. The molecule has 0 bridgehead atoms. The molecule has 5 nitrogen and oxygen atoms in total. The normalized spacial score (nSPS) is 16.3. The zero-order valence-electron chi connectivity index (χ0n) is 16.3. The first-order chi connectivity index (χ1) is 12.9. The third-order valence-corrected chi connectivity index (χ3v) is 4.98. The SMILES string of the molecule is CC1Cc2ccccc2N1c1cnnc(Nc2ccccc2C(C)(C)C)n1. The zero-order chi connectivity index (χ0) is 19.0. The van der Waals surface area contributed by atoms with Crippen molar-refractivity contribution in [2.45, 2.75) is 45.6 Å². The Labute approximate surface area is 160 Å². The van der Waals surface area contributed by atoms with Crippen molar-refractivity contribution in [3.8, 4) is 0 Å². The van der Waals surface area contributed by atoms with Gasteiger partial charge in [-0.3, -0.25) is 0 Å². The molecule has 27 heavy (non-hydrogen) atoms. The Morgan fingerprint density at radius 2 is 1.78 bits per heavy atom. The number of para-hydroxylation sites is 2. The third-order valence-electron chi connectivity index (χ3n) is 4.98. The van der Waals surface area contributed by atoms with Crippen LogP contribution in [0.5, 0.6) is 0 Å². The van der Waals surface area contributed by atoms with Gasteiger partial charge in [-0.2, -0.15) is 10.1 Å². The quantitative estimate of drug-likeness (QED) is 0.713. The number of fused-ring (bicyclic) bond motifs is 1. The van der Waals surface area contributed by atoms with Crippen molar-refractivity contribution in [1.82, 2.24) is 15.2 Å². The molecular weight excluding hydrogens is 334 g/mol. The number of anilines is 4. The molecule has 0 radical (unpaired) electrons. The minimum absolute atomic E-state index is 0.0248. The van der Waals surface area contributed by atoms with E-state index >= 15 is 0 Å². The molecule has 0 fully saturated rings. The topological polar surface area (TPSA) is 53.9 Å². The molecule has 2 heterocycles. The van der Waals surface area contributed by atoms with Crippen LogP contribution in [0, 0.1) is 0 Å². The fourth-order valence-corrected chi connectivity index (χ4v) is 3.75. The number of hydrogen-bond acceptors (Lipinski definition) is 5. The van der Waals surface area contributed by atoms with Crippen LogP contribution < -0.4 is 10.2 Å². The van der Waals surface area contributed by atoms with Gasteiger partial charge in [0.15, 0.2) is 5.82 Å². The molecule has 5 heteroatoms. The molecule has 0 amide bonds. The van der Waals surface area contributed by atoms with Gasteiger partial charge in [0.05, 0.1) is 6.20 Å². The van der Waals surface area contributed by atoms with E-state index in [1.165, 1.54) is 16.8 Å².